The molecule has 0 aliphatic carbocycles. The summed E-state index contributed by atoms with van der Waals surface area (Å²) in [6.45, 7) is 4.71. The summed E-state index contributed by atoms with van der Waals surface area (Å²) < 4.78 is 10.4. The summed E-state index contributed by atoms with van der Waals surface area (Å²) in [7, 11) is 0. The highest BCUT2D eigenvalue weighted by Gasteiger charge is 2.13. The lowest BCUT2D eigenvalue weighted by Crippen LogP contribution is -2.33. The van der Waals surface area contributed by atoms with E-state index < -0.39 is 5.97 Å². The summed E-state index contributed by atoms with van der Waals surface area (Å²) in [4.78, 5) is 19.2. The fourth-order valence-corrected chi connectivity index (χ4v) is 2.04. The van der Waals surface area contributed by atoms with E-state index in [2.05, 4.69) is 27.1 Å². The Morgan fingerprint density at radius 1 is 1.52 bits per heavy atom. The van der Waals surface area contributed by atoms with Crippen molar-refractivity contribution in [2.75, 3.05) is 26.3 Å². The van der Waals surface area contributed by atoms with Gasteiger partial charge in [-0.15, -0.1) is 0 Å². The van der Waals surface area contributed by atoms with E-state index in [0.717, 1.165) is 19.5 Å². The Hall–Kier alpha value is -2.13. The monoisotopic (exact) mass is 289 g/mol. The van der Waals surface area contributed by atoms with Crippen LogP contribution in [0.15, 0.2) is 12.4 Å². The zero-order valence-electron chi connectivity index (χ0n) is 12.1. The minimum absolute atomic E-state index is 0.307. The van der Waals surface area contributed by atoms with Crippen molar-refractivity contribution in [2.24, 2.45) is 5.92 Å². The van der Waals surface area contributed by atoms with Crippen LogP contribution in [-0.2, 0) is 9.53 Å². The molecule has 1 N–H and O–H groups in total. The summed E-state index contributed by atoms with van der Waals surface area (Å²) in [5.74, 6) is 5.42. The number of esters is 1. The highest BCUT2D eigenvalue weighted by atomic mass is 16.5. The van der Waals surface area contributed by atoms with Gasteiger partial charge in [-0.1, -0.05) is 0 Å². The van der Waals surface area contributed by atoms with E-state index in [0.29, 0.717) is 30.7 Å². The van der Waals surface area contributed by atoms with Gasteiger partial charge in [0.1, 0.15) is 12.0 Å². The van der Waals surface area contributed by atoms with Crippen LogP contribution in [0.3, 0.4) is 0 Å². The van der Waals surface area contributed by atoms with Crippen LogP contribution < -0.4 is 10.1 Å². The number of hydrogen-bond donors (Lipinski definition) is 1. The average Bonchev–Trinajstić information content (AvgIpc) is 2.53. The van der Waals surface area contributed by atoms with E-state index in [4.69, 9.17) is 9.47 Å². The van der Waals surface area contributed by atoms with Crippen LogP contribution in [-0.4, -0.2) is 42.2 Å². The van der Waals surface area contributed by atoms with Crippen molar-refractivity contribution in [1.82, 2.24) is 15.3 Å². The van der Waals surface area contributed by atoms with Gasteiger partial charge in [0.05, 0.1) is 13.2 Å². The predicted molar refractivity (Wildman–Crippen MR) is 76.6 cm³/mol. The average molecular weight is 289 g/mol. The molecule has 2 heterocycles. The fourth-order valence-electron chi connectivity index (χ4n) is 2.04. The molecule has 1 saturated heterocycles. The third kappa shape index (κ3) is 5.40. The fraction of sp³-hybridized carbons (Fsp3) is 0.533. The zero-order valence-corrected chi connectivity index (χ0v) is 12.1. The Bertz CT molecular complexity index is 530. The van der Waals surface area contributed by atoms with Gasteiger partial charge in [0.15, 0.2) is 0 Å². The first-order valence-electron chi connectivity index (χ1n) is 7.12. The summed E-state index contributed by atoms with van der Waals surface area (Å²) in [5, 5.41) is 3.34. The molecule has 112 valence electrons. The number of aromatic nitrogens is 2. The van der Waals surface area contributed by atoms with Crippen molar-refractivity contribution in [1.29, 1.82) is 0 Å². The van der Waals surface area contributed by atoms with Crippen molar-refractivity contribution in [3.8, 4) is 17.7 Å². The maximum atomic E-state index is 11.2. The molecule has 1 fully saturated rings. The summed E-state index contributed by atoms with van der Waals surface area (Å²) in [5.41, 5.74) is 0.440. The Labute approximate surface area is 124 Å². The SMILES string of the molecule is CCOC(=O)C#Cc1cc(OCC2CCCNC2)ncn1. The van der Waals surface area contributed by atoms with Crippen molar-refractivity contribution < 1.29 is 14.3 Å². The molecule has 0 spiro atoms. The lowest BCUT2D eigenvalue weighted by atomic mass is 10.0. The van der Waals surface area contributed by atoms with Gasteiger partial charge >= 0.3 is 5.97 Å². The number of carbonyl (C=O) groups is 1. The highest BCUT2D eigenvalue weighted by Crippen LogP contribution is 2.13. The normalized spacial score (nSPS) is 17.5. The van der Waals surface area contributed by atoms with Crippen LogP contribution in [0.5, 0.6) is 5.88 Å². The van der Waals surface area contributed by atoms with Gasteiger partial charge in [-0.2, -0.15) is 0 Å². The molecule has 0 radical (unpaired) electrons. The van der Waals surface area contributed by atoms with E-state index in [1.165, 1.54) is 12.7 Å². The second-order valence-electron chi connectivity index (χ2n) is 4.74. The number of hydrogen-bond acceptors (Lipinski definition) is 6. The molecule has 0 aromatic carbocycles. The van der Waals surface area contributed by atoms with Crippen molar-refractivity contribution in [2.45, 2.75) is 19.8 Å². The van der Waals surface area contributed by atoms with Crippen LogP contribution in [0.1, 0.15) is 25.5 Å². The number of ether oxygens (including phenoxy) is 2. The molecule has 6 heteroatoms. The van der Waals surface area contributed by atoms with E-state index in [1.54, 1.807) is 13.0 Å². The molecular weight excluding hydrogens is 270 g/mol. The lowest BCUT2D eigenvalue weighted by molar-refractivity contribution is -0.136. The molecule has 0 amide bonds. The minimum Gasteiger partial charge on any atom is -0.477 e. The van der Waals surface area contributed by atoms with E-state index >= 15 is 0 Å². The van der Waals surface area contributed by atoms with Crippen LogP contribution in [0.2, 0.25) is 0 Å². The predicted octanol–water partition coefficient (Wildman–Crippen LogP) is 0.770. The Balaban J connectivity index is 1.89. The van der Waals surface area contributed by atoms with Crippen LogP contribution in [0.25, 0.3) is 0 Å². The second kappa shape index (κ2) is 8.22. The van der Waals surface area contributed by atoms with Gasteiger partial charge in [-0.25, -0.2) is 14.8 Å². The second-order valence-corrected chi connectivity index (χ2v) is 4.74. The highest BCUT2D eigenvalue weighted by molar-refractivity contribution is 5.88. The summed E-state index contributed by atoms with van der Waals surface area (Å²) in [6, 6.07) is 1.63. The summed E-state index contributed by atoms with van der Waals surface area (Å²) in [6.07, 6.45) is 3.71. The molecular formula is C15H19N3O3. The third-order valence-electron chi connectivity index (χ3n) is 3.08. The van der Waals surface area contributed by atoms with Gasteiger partial charge < -0.3 is 14.8 Å². The minimum atomic E-state index is -0.563. The largest absolute Gasteiger partial charge is 0.477 e. The molecule has 1 atom stereocenters. The van der Waals surface area contributed by atoms with Gasteiger partial charge in [0, 0.05) is 24.4 Å². The summed E-state index contributed by atoms with van der Waals surface area (Å²) >= 11 is 0. The molecule has 6 nitrogen and oxygen atoms in total. The van der Waals surface area contributed by atoms with Crippen molar-refractivity contribution in [3.63, 3.8) is 0 Å². The van der Waals surface area contributed by atoms with Gasteiger partial charge in [0.25, 0.3) is 0 Å². The van der Waals surface area contributed by atoms with E-state index in [9.17, 15) is 4.79 Å². The molecule has 1 aromatic heterocycles. The number of piperidine rings is 1. The Morgan fingerprint density at radius 3 is 3.19 bits per heavy atom. The molecule has 1 aliphatic heterocycles. The maximum Gasteiger partial charge on any atom is 0.384 e. The van der Waals surface area contributed by atoms with Crippen molar-refractivity contribution >= 4 is 5.97 Å². The van der Waals surface area contributed by atoms with E-state index in [-0.39, 0.29) is 0 Å². The number of nitrogens with zero attached hydrogens (tertiary/aromatic N) is 2. The lowest BCUT2D eigenvalue weighted by Gasteiger charge is -2.22. The Kier molecular flexibility index (Phi) is 5.98. The van der Waals surface area contributed by atoms with Crippen molar-refractivity contribution in [3.05, 3.63) is 18.1 Å². The van der Waals surface area contributed by atoms with Gasteiger partial charge in [0.2, 0.25) is 5.88 Å². The number of nitrogens with one attached hydrogen (secondary N) is 1. The topological polar surface area (TPSA) is 73.3 Å². The molecule has 2 rings (SSSR count). The van der Waals surface area contributed by atoms with Crippen LogP contribution in [0.4, 0.5) is 0 Å². The third-order valence-corrected chi connectivity index (χ3v) is 3.08. The molecule has 0 saturated carbocycles. The molecule has 0 bridgehead atoms. The van der Waals surface area contributed by atoms with Gasteiger partial charge in [-0.05, 0) is 32.2 Å². The molecule has 1 unspecified atom stereocenters. The number of rotatable bonds is 4. The molecule has 1 aromatic rings. The van der Waals surface area contributed by atoms with Crippen LogP contribution >= 0.6 is 0 Å². The number of carbonyl (C=O) groups excluding carboxylic acids is 1. The molecule has 1 aliphatic rings. The van der Waals surface area contributed by atoms with Crippen LogP contribution in [0, 0.1) is 17.8 Å². The zero-order chi connectivity index (χ0) is 14.9. The van der Waals surface area contributed by atoms with E-state index in [1.807, 2.05) is 0 Å². The Morgan fingerprint density at radius 2 is 2.43 bits per heavy atom. The first-order chi connectivity index (χ1) is 10.3. The smallest absolute Gasteiger partial charge is 0.384 e. The quantitative estimate of drug-likeness (QED) is 0.652. The molecule has 21 heavy (non-hydrogen) atoms. The first kappa shape index (κ1) is 15.3. The maximum absolute atomic E-state index is 11.2. The first-order valence-corrected chi connectivity index (χ1v) is 7.12. The van der Waals surface area contributed by atoms with Gasteiger partial charge in [-0.3, -0.25) is 0 Å². The standard InChI is InChI=1S/C15H19N3O3/c1-2-20-15(19)6-5-13-8-14(18-11-17-13)21-10-12-4-3-7-16-9-12/h8,11-12,16H,2-4,7,9-10H2,1H3.